The summed E-state index contributed by atoms with van der Waals surface area (Å²) in [5.41, 5.74) is 2.22. The highest BCUT2D eigenvalue weighted by molar-refractivity contribution is 7.07. The molecule has 118 valence electrons. The molecule has 22 heavy (non-hydrogen) atoms. The van der Waals surface area contributed by atoms with Crippen LogP contribution in [0.5, 0.6) is 0 Å². The van der Waals surface area contributed by atoms with E-state index >= 15 is 0 Å². The van der Waals surface area contributed by atoms with Gasteiger partial charge in [0, 0.05) is 20.6 Å². The Bertz CT molecular complexity index is 592. The second-order valence-electron chi connectivity index (χ2n) is 5.06. The average Bonchev–Trinajstić information content (AvgIpc) is 3.03. The molecular weight excluding hydrogens is 294 g/mol. The molecule has 0 spiro atoms. The maximum atomic E-state index is 4.60. The van der Waals surface area contributed by atoms with Crippen molar-refractivity contribution >= 4 is 23.1 Å². The molecule has 0 aliphatic heterocycles. The number of aromatic nitrogens is 1. The van der Waals surface area contributed by atoms with Gasteiger partial charge in [0.2, 0.25) is 0 Å². The zero-order valence-corrected chi connectivity index (χ0v) is 14.2. The molecule has 6 heteroatoms. The molecule has 0 unspecified atom stereocenters. The molecule has 0 bridgehead atoms. The summed E-state index contributed by atoms with van der Waals surface area (Å²) in [4.78, 5) is 11.2. The largest absolute Gasteiger partial charge is 0.363 e. The van der Waals surface area contributed by atoms with E-state index in [1.54, 1.807) is 11.3 Å². The third-order valence-corrected chi connectivity index (χ3v) is 3.76. The highest BCUT2D eigenvalue weighted by atomic mass is 32.1. The third kappa shape index (κ3) is 5.04. The summed E-state index contributed by atoms with van der Waals surface area (Å²) in [5, 5.41) is 10.8. The molecule has 2 rings (SSSR count). The second kappa shape index (κ2) is 8.38. The number of hydrogen-bond acceptors (Lipinski definition) is 4. The van der Waals surface area contributed by atoms with Crippen LogP contribution in [0.2, 0.25) is 0 Å². The molecule has 0 aliphatic carbocycles. The molecule has 0 aromatic carbocycles. The lowest BCUT2D eigenvalue weighted by Gasteiger charge is -2.14. The van der Waals surface area contributed by atoms with E-state index in [1.807, 2.05) is 37.2 Å². The summed E-state index contributed by atoms with van der Waals surface area (Å²) in [5.74, 6) is 1.77. The minimum atomic E-state index is 0.650. The van der Waals surface area contributed by atoms with Crippen molar-refractivity contribution in [2.45, 2.75) is 20.0 Å². The lowest BCUT2D eigenvalue weighted by molar-refractivity contribution is 0.798. The Morgan fingerprint density at radius 1 is 1.27 bits per heavy atom. The topological polar surface area (TPSA) is 52.6 Å². The van der Waals surface area contributed by atoms with Crippen LogP contribution < -0.4 is 15.5 Å². The Morgan fingerprint density at radius 3 is 2.82 bits per heavy atom. The van der Waals surface area contributed by atoms with Crippen LogP contribution in [0.3, 0.4) is 0 Å². The zero-order chi connectivity index (χ0) is 15.8. The minimum Gasteiger partial charge on any atom is -0.363 e. The van der Waals surface area contributed by atoms with E-state index in [1.165, 1.54) is 5.56 Å². The van der Waals surface area contributed by atoms with Crippen LogP contribution in [0.15, 0.2) is 40.0 Å². The molecule has 2 aromatic rings. The molecular formula is C16H23N5S. The zero-order valence-electron chi connectivity index (χ0n) is 13.3. The lowest BCUT2D eigenvalue weighted by atomic mass is 10.3. The van der Waals surface area contributed by atoms with Crippen LogP contribution in [0.25, 0.3) is 0 Å². The average molecular weight is 317 g/mol. The number of pyridine rings is 1. The number of thiophene rings is 1. The number of nitrogens with zero attached hydrogens (tertiary/aromatic N) is 3. The molecule has 5 nitrogen and oxygen atoms in total. The van der Waals surface area contributed by atoms with Crippen molar-refractivity contribution < 1.29 is 0 Å². The van der Waals surface area contributed by atoms with E-state index in [4.69, 9.17) is 0 Å². The monoisotopic (exact) mass is 317 g/mol. The number of guanidine groups is 1. The molecule has 0 radical (unpaired) electrons. The molecule has 2 aromatic heterocycles. The highest BCUT2D eigenvalue weighted by Crippen LogP contribution is 2.08. The van der Waals surface area contributed by atoms with Crippen LogP contribution in [0.4, 0.5) is 5.82 Å². The summed E-state index contributed by atoms with van der Waals surface area (Å²) in [6.07, 6.45) is 0. The van der Waals surface area contributed by atoms with Gasteiger partial charge in [-0.3, -0.25) is 0 Å². The first-order valence-electron chi connectivity index (χ1n) is 7.35. The van der Waals surface area contributed by atoms with Crippen molar-refractivity contribution in [1.29, 1.82) is 0 Å². The Balaban J connectivity index is 1.96. The molecule has 2 heterocycles. The van der Waals surface area contributed by atoms with Gasteiger partial charge in [-0.05, 0) is 41.4 Å². The molecule has 0 atom stereocenters. The van der Waals surface area contributed by atoms with Crippen LogP contribution in [-0.4, -0.2) is 31.6 Å². The summed E-state index contributed by atoms with van der Waals surface area (Å²) in [6, 6.07) is 8.14. The predicted molar refractivity (Wildman–Crippen MR) is 94.5 cm³/mol. The number of anilines is 1. The second-order valence-corrected chi connectivity index (χ2v) is 5.84. The van der Waals surface area contributed by atoms with Gasteiger partial charge in [0.15, 0.2) is 5.96 Å². The van der Waals surface area contributed by atoms with Gasteiger partial charge in [0.25, 0.3) is 0 Å². The quantitative estimate of drug-likeness (QED) is 0.635. The molecule has 0 fully saturated rings. The van der Waals surface area contributed by atoms with E-state index in [0.717, 1.165) is 24.0 Å². The Labute approximate surface area is 136 Å². The smallest absolute Gasteiger partial charge is 0.191 e. The van der Waals surface area contributed by atoms with E-state index in [0.29, 0.717) is 13.1 Å². The fourth-order valence-electron chi connectivity index (χ4n) is 1.88. The summed E-state index contributed by atoms with van der Waals surface area (Å²) in [6.45, 7) is 4.23. The van der Waals surface area contributed by atoms with Crippen molar-refractivity contribution in [3.63, 3.8) is 0 Å². The minimum absolute atomic E-state index is 0.650. The maximum absolute atomic E-state index is 4.60. The van der Waals surface area contributed by atoms with Crippen LogP contribution in [0.1, 0.15) is 18.2 Å². The Morgan fingerprint density at radius 2 is 2.14 bits per heavy atom. The fourth-order valence-corrected chi connectivity index (χ4v) is 2.54. The number of rotatable bonds is 6. The molecule has 0 amide bonds. The first kappa shape index (κ1) is 16.3. The molecule has 0 saturated carbocycles. The van der Waals surface area contributed by atoms with Crippen molar-refractivity contribution in [2.75, 3.05) is 25.5 Å². The van der Waals surface area contributed by atoms with Crippen LogP contribution in [0, 0.1) is 0 Å². The standard InChI is InChI=1S/C16H23N5S/c1-4-17-16(18-10-13-8-9-22-12-13)19-11-14-6-5-7-15(20-14)21(2)3/h5-9,12H,4,10-11H2,1-3H3,(H2,17,18,19). The van der Waals surface area contributed by atoms with Gasteiger partial charge in [0.1, 0.15) is 5.82 Å². The lowest BCUT2D eigenvalue weighted by Crippen LogP contribution is -2.37. The number of hydrogen-bond donors (Lipinski definition) is 2. The summed E-state index contributed by atoms with van der Waals surface area (Å²) >= 11 is 1.69. The van der Waals surface area contributed by atoms with Crippen molar-refractivity contribution in [1.82, 2.24) is 15.6 Å². The first-order chi connectivity index (χ1) is 10.7. The normalized spacial score (nSPS) is 11.3. The molecule has 2 N–H and O–H groups in total. The Kier molecular flexibility index (Phi) is 6.21. The van der Waals surface area contributed by atoms with E-state index in [-0.39, 0.29) is 0 Å². The molecule has 0 aliphatic rings. The van der Waals surface area contributed by atoms with Crippen molar-refractivity contribution in [3.05, 3.63) is 46.3 Å². The number of aliphatic imine (C=N–C) groups is 1. The van der Waals surface area contributed by atoms with Crippen LogP contribution >= 0.6 is 11.3 Å². The number of nitrogens with one attached hydrogen (secondary N) is 2. The fraction of sp³-hybridized carbons (Fsp3) is 0.375. The van der Waals surface area contributed by atoms with E-state index < -0.39 is 0 Å². The summed E-state index contributed by atoms with van der Waals surface area (Å²) < 4.78 is 0. The maximum Gasteiger partial charge on any atom is 0.191 e. The molecule has 0 saturated heterocycles. The summed E-state index contributed by atoms with van der Waals surface area (Å²) in [7, 11) is 3.98. The third-order valence-electron chi connectivity index (χ3n) is 3.03. The predicted octanol–water partition coefficient (Wildman–Crippen LogP) is 2.46. The van der Waals surface area contributed by atoms with Crippen LogP contribution in [-0.2, 0) is 13.1 Å². The Hall–Kier alpha value is -2.08. The van der Waals surface area contributed by atoms with Gasteiger partial charge in [-0.15, -0.1) is 0 Å². The van der Waals surface area contributed by atoms with Gasteiger partial charge in [-0.2, -0.15) is 11.3 Å². The van der Waals surface area contributed by atoms with Gasteiger partial charge in [0.05, 0.1) is 18.8 Å². The SMILES string of the molecule is CCNC(=NCc1ccsc1)NCc1cccc(N(C)C)n1. The van der Waals surface area contributed by atoms with Gasteiger partial charge in [-0.1, -0.05) is 6.07 Å². The van der Waals surface area contributed by atoms with Gasteiger partial charge in [-0.25, -0.2) is 9.98 Å². The first-order valence-corrected chi connectivity index (χ1v) is 8.30. The van der Waals surface area contributed by atoms with E-state index in [2.05, 4.69) is 44.4 Å². The highest BCUT2D eigenvalue weighted by Gasteiger charge is 2.02. The van der Waals surface area contributed by atoms with Crippen molar-refractivity contribution in [3.8, 4) is 0 Å². The van der Waals surface area contributed by atoms with Crippen molar-refractivity contribution in [2.24, 2.45) is 4.99 Å². The van der Waals surface area contributed by atoms with Gasteiger partial charge >= 0.3 is 0 Å². The van der Waals surface area contributed by atoms with Gasteiger partial charge < -0.3 is 15.5 Å². The van der Waals surface area contributed by atoms with E-state index in [9.17, 15) is 0 Å².